The minimum absolute atomic E-state index is 0. The first-order valence-electron chi connectivity index (χ1n) is 36.7. The van der Waals surface area contributed by atoms with Gasteiger partial charge < -0.3 is 67.3 Å². The molecule has 36 heteroatoms. The molecule has 3 N–H and O–H groups in total. The Hall–Kier alpha value is -10.9. The number of aliphatic imine (C=N–C) groups is 1. The van der Waals surface area contributed by atoms with Crippen molar-refractivity contribution in [2.24, 2.45) is 16.8 Å². The van der Waals surface area contributed by atoms with Gasteiger partial charge in [-0.15, -0.1) is 10.9 Å². The van der Waals surface area contributed by atoms with E-state index in [-0.39, 0.29) is 186 Å². The van der Waals surface area contributed by atoms with E-state index in [2.05, 4.69) is 25.7 Å². The first-order chi connectivity index (χ1) is 54.8. The first kappa shape index (κ1) is 106. The van der Waals surface area contributed by atoms with Crippen LogP contribution in [0.2, 0.25) is 0 Å². The van der Waals surface area contributed by atoms with Crippen LogP contribution in [0.1, 0.15) is 159 Å². The zero-order valence-corrected chi connectivity index (χ0v) is 71.6. The van der Waals surface area contributed by atoms with Crippen molar-refractivity contribution in [2.75, 3.05) is 88.6 Å². The Morgan fingerprint density at radius 2 is 0.838 bits per heavy atom. The molecule has 4 aromatic carbocycles. The van der Waals surface area contributed by atoms with Crippen LogP contribution < -0.4 is 77.2 Å². The smallest absolute Gasteiger partial charge is 0.850 e. The van der Waals surface area contributed by atoms with Crippen molar-refractivity contribution >= 4 is 124 Å². The van der Waals surface area contributed by atoms with Gasteiger partial charge in [0.1, 0.15) is 82.4 Å². The monoisotopic (exact) mass is 1660 g/mol. The molecule has 0 saturated heterocycles. The number of carbonyl (C=O) groups is 16. The molecule has 0 aliphatic rings. The molecule has 0 heterocycles. The van der Waals surface area contributed by atoms with E-state index >= 15 is 0 Å². The summed E-state index contributed by atoms with van der Waals surface area (Å²) >= 11 is 0. The van der Waals surface area contributed by atoms with E-state index in [0.29, 0.717) is 77.2 Å². The summed E-state index contributed by atoms with van der Waals surface area (Å²) in [7, 11) is 0. The van der Waals surface area contributed by atoms with Crippen molar-refractivity contribution in [1.29, 1.82) is 5.26 Å². The van der Waals surface area contributed by atoms with Crippen molar-refractivity contribution in [1.82, 2.24) is 0 Å². The van der Waals surface area contributed by atoms with Crippen molar-refractivity contribution < 1.29 is 195 Å². The molecule has 0 bridgehead atoms. The van der Waals surface area contributed by atoms with E-state index in [1.54, 1.807) is 136 Å². The number of rotatable bonds is 44. The van der Waals surface area contributed by atoms with E-state index in [4.69, 9.17) is 57.4 Å². The van der Waals surface area contributed by atoms with Crippen LogP contribution in [-0.4, -0.2) is 179 Å². The number of nitriles is 1. The number of ketones is 4. The Balaban J connectivity index is 0.00000203. The third kappa shape index (κ3) is 49.6. The normalized spacial score (nSPS) is 10.2. The molecule has 0 unspecified atom stereocenters. The zero-order chi connectivity index (χ0) is 87.3. The molecular weight excluding hydrogens is 1560 g/mol. The number of amides is 3. The first-order valence-corrected chi connectivity index (χ1v) is 36.7. The van der Waals surface area contributed by atoms with Crippen LogP contribution in [0, 0.1) is 51.0 Å². The Bertz CT molecular complexity index is 4080. The number of carbonyl (C=O) groups excluding carboxylic acids is 17. The largest absolute Gasteiger partial charge is 1.00 e. The molecule has 0 fully saturated rings. The topological polar surface area (TPSA) is 496 Å². The number of anilines is 3. The molecule has 35 nitrogen and oxygen atoms in total. The third-order valence-electron chi connectivity index (χ3n) is 14.8. The number of hydrogen-bond acceptors (Lipinski definition) is 32. The predicted molar refractivity (Wildman–Crippen MR) is 409 cm³/mol. The van der Waals surface area contributed by atoms with Gasteiger partial charge in [-0.05, 0) is 158 Å². The quantitative estimate of drug-likeness (QED) is 0.00702. The van der Waals surface area contributed by atoms with Crippen LogP contribution in [0.25, 0.3) is 0 Å². The summed E-state index contributed by atoms with van der Waals surface area (Å²) in [5.41, 5.74) is 5.01. The minimum atomic E-state index is -1.72. The van der Waals surface area contributed by atoms with Crippen LogP contribution in [0.15, 0.2) is 77.8 Å². The Labute approximate surface area is 720 Å². The van der Waals surface area contributed by atoms with Gasteiger partial charge in [-0.25, -0.2) is 14.4 Å². The number of isocyanates is 1. The van der Waals surface area contributed by atoms with Crippen molar-refractivity contribution in [3.05, 3.63) is 112 Å². The number of nitrogens with zero attached hydrogens (tertiary/aromatic N) is 2. The fourth-order valence-corrected chi connectivity index (χ4v) is 9.32. The van der Waals surface area contributed by atoms with Gasteiger partial charge in [0.25, 0.3) is 6.26 Å². The molecule has 0 atom stereocenters. The molecule has 4 aromatic rings. The maximum atomic E-state index is 13.0. The number of Topliss-reactive ketones (excluding diaryl/α,β-unsaturated/α-hetero) is 4. The van der Waals surface area contributed by atoms with Crippen LogP contribution >= 0.6 is 0 Å². The Morgan fingerprint density at radius 3 is 1.24 bits per heavy atom. The molecule has 0 saturated carbocycles. The fourth-order valence-electron chi connectivity index (χ4n) is 9.32. The fraction of sp³-hybridized carbons (Fsp3) is 0.481. The summed E-state index contributed by atoms with van der Waals surface area (Å²) in [6, 6.07) is 19.4. The maximum Gasteiger partial charge on any atom is 1.00 e. The number of benzene rings is 4. The summed E-state index contributed by atoms with van der Waals surface area (Å²) in [4.78, 5) is 204. The minimum Gasteiger partial charge on any atom is -0.850 e. The number of aryl methyl sites for hydroxylation is 4. The summed E-state index contributed by atoms with van der Waals surface area (Å²) < 4.78 is 59.4. The van der Waals surface area contributed by atoms with E-state index in [9.17, 15) is 86.6 Å². The number of nitrogens with one attached hydrogen (secondary N) is 3. The van der Waals surface area contributed by atoms with Gasteiger partial charge in [-0.2, -0.15) is 4.99 Å². The summed E-state index contributed by atoms with van der Waals surface area (Å²) in [5.74, 6) is -11.4. The molecule has 4 rings (SSSR count). The molecule has 0 aliphatic heterocycles. The zero-order valence-electron chi connectivity index (χ0n) is 68.5. The number of ether oxygens (including phenoxy) is 12. The average molecular weight is 1660 g/mol. The second kappa shape index (κ2) is 59.7. The van der Waals surface area contributed by atoms with E-state index in [1.165, 1.54) is 25.1 Å². The Kier molecular flexibility index (Phi) is 54.1. The second-order valence-electron chi connectivity index (χ2n) is 25.9. The van der Waals surface area contributed by atoms with Gasteiger partial charge in [-0.3, -0.25) is 77.8 Å². The van der Waals surface area contributed by atoms with Gasteiger partial charge in [0.15, 0.2) is 11.7 Å². The average Bonchev–Trinajstić information content (AvgIpc) is 0.884. The summed E-state index contributed by atoms with van der Waals surface area (Å²) in [6.07, 6.45) is 2.39. The van der Waals surface area contributed by atoms with E-state index in [1.807, 2.05) is 0 Å². The molecule has 632 valence electrons. The van der Waals surface area contributed by atoms with Crippen LogP contribution in [0.5, 0.6) is 5.75 Å². The van der Waals surface area contributed by atoms with Crippen molar-refractivity contribution in [3.63, 3.8) is 0 Å². The molecule has 117 heavy (non-hydrogen) atoms. The van der Waals surface area contributed by atoms with E-state index < -0.39 is 107 Å². The van der Waals surface area contributed by atoms with Crippen molar-refractivity contribution in [3.8, 4) is 12.0 Å². The third-order valence-corrected chi connectivity index (χ3v) is 14.8. The maximum absolute atomic E-state index is 13.0. The summed E-state index contributed by atoms with van der Waals surface area (Å²) in [6.45, 7) is 19.2. The number of esters is 9. The number of unbranched alkanes of at least 4 members (excludes halogenated alkanes) is 2. The molecule has 0 spiro atoms. The Morgan fingerprint density at radius 1 is 0.453 bits per heavy atom. The molecule has 3 amide bonds. The van der Waals surface area contributed by atoms with E-state index in [0.717, 1.165) is 25.0 Å². The van der Waals surface area contributed by atoms with Crippen LogP contribution in [0.4, 0.5) is 32.3 Å². The predicted octanol–water partition coefficient (Wildman–Crippen LogP) is 5.66. The molecular formula is C81H102KN5O30. The second-order valence-corrected chi connectivity index (χ2v) is 25.9. The number of hydrogen-bond donors (Lipinski definition) is 3. The summed E-state index contributed by atoms with van der Waals surface area (Å²) in [5, 5.41) is 26.2. The SMILES string of the molecule is CC(C)(C)[O-].CCOC(=O)C(C(=O)Cc1cc(CC(=O)OCCOC(=O)CCCCC(=O)OCCOC(=O)Nc2ccc(C)c(NC(=O)C(C(C)=O)C(C)=O)c2)ccc1C)C(=O)OCC.CCOC(=O)CC(C)=O.Cc1ccc(CC(=O)OCCOC(=O)CCCCC(=O)OCCOC(=O)Nc2ccc(C)c(OC#N)c2)cc1N=C=O.[K+]. The van der Waals surface area contributed by atoms with Gasteiger partial charge >= 0.3 is 117 Å². The van der Waals surface area contributed by atoms with Crippen molar-refractivity contribution in [2.45, 2.75) is 173 Å². The molecule has 0 aromatic heterocycles. The standard InChI is InChI=1S/C42H52N2O16.C29H31N3O10.C6H10O3.C4H9O.K/c1-7-55-40(52)38(41(53)56-8-2)33(47)23-30-21-29(15-13-25(30)3)22-36(50)59-18-17-57-34(48)11-9-10-12-35(49)58-19-20-60-42(54)43-31-16-14-26(4)32(24-31)44-39(51)37(27(5)45)28(6)46;1-20-7-9-22(15-24(20)31-19-33)16-28(36)40-12-11-38-26(34)5-3-4-6-27(35)39-13-14-41-29(37)32-23-10-8-21(2)25(17-23)42-18-30;1-3-9-6(8)4-5(2)7;1-4(2,3)5;/h13-16,21,24,37-38H,7-12,17-20,22-23H2,1-6H3,(H,43,54)(H,44,51);7-10,15,17H,3-6,11-14,16H2,1-2H3,(H,32,37);3-4H2,1-2H3;1-3H3;/q;;;-1;+1. The molecule has 0 radical (unpaired) electrons. The molecule has 0 aliphatic carbocycles. The van der Waals surface area contributed by atoms with Gasteiger partial charge in [0.2, 0.25) is 17.9 Å². The van der Waals surface area contributed by atoms with Crippen LogP contribution in [0.3, 0.4) is 0 Å². The van der Waals surface area contributed by atoms with Gasteiger partial charge in [0, 0.05) is 55.2 Å². The van der Waals surface area contributed by atoms with Gasteiger partial charge in [-0.1, -0.05) is 63.2 Å². The van der Waals surface area contributed by atoms with Crippen LogP contribution in [-0.2, 0) is 143 Å². The van der Waals surface area contributed by atoms with Gasteiger partial charge in [0.05, 0.1) is 38.3 Å².